The summed E-state index contributed by atoms with van der Waals surface area (Å²) < 4.78 is 59.3. The Morgan fingerprint density at radius 1 is 1.18 bits per heavy atom. The van der Waals surface area contributed by atoms with Crippen LogP contribution in [0.25, 0.3) is 11.3 Å². The molecule has 1 unspecified atom stereocenters. The number of anilines is 1. The highest BCUT2D eigenvalue weighted by Crippen LogP contribution is 2.35. The second kappa shape index (κ2) is 8.77. The van der Waals surface area contributed by atoms with Gasteiger partial charge in [0.1, 0.15) is 17.3 Å². The number of ether oxygens (including phenoxy) is 1. The molecule has 0 aliphatic heterocycles. The summed E-state index contributed by atoms with van der Waals surface area (Å²) in [5, 5.41) is 17.7. The van der Waals surface area contributed by atoms with Gasteiger partial charge in [0.2, 0.25) is 0 Å². The summed E-state index contributed by atoms with van der Waals surface area (Å²) in [5.74, 6) is -3.85. The number of amides is 1. The van der Waals surface area contributed by atoms with Crippen molar-refractivity contribution in [1.82, 2.24) is 15.2 Å². The molecule has 176 valence electrons. The van der Waals surface area contributed by atoms with E-state index in [9.17, 15) is 32.3 Å². The Morgan fingerprint density at radius 3 is 2.36 bits per heavy atom. The van der Waals surface area contributed by atoms with Gasteiger partial charge in [-0.15, -0.1) is 0 Å². The molecule has 1 aromatic carbocycles. The van der Waals surface area contributed by atoms with E-state index in [1.165, 1.54) is 13.8 Å². The van der Waals surface area contributed by atoms with E-state index in [0.717, 1.165) is 19.1 Å². The van der Waals surface area contributed by atoms with Gasteiger partial charge in [-0.2, -0.15) is 18.3 Å². The largest absolute Gasteiger partial charge is 0.480 e. The first kappa shape index (κ1) is 24.1. The smallest absolute Gasteiger partial charge is 0.425 e. The zero-order valence-corrected chi connectivity index (χ0v) is 18.1. The first-order valence-corrected chi connectivity index (χ1v) is 9.69. The normalized spacial score (nSPS) is 12.5. The summed E-state index contributed by atoms with van der Waals surface area (Å²) >= 11 is 5.88. The van der Waals surface area contributed by atoms with Crippen molar-refractivity contribution in [3.05, 3.63) is 51.7 Å². The average Bonchev–Trinajstić information content (AvgIpc) is 3.25. The van der Waals surface area contributed by atoms with Crippen LogP contribution in [-0.4, -0.2) is 44.4 Å². The fourth-order valence-electron chi connectivity index (χ4n) is 2.94. The molecule has 3 aromatic rings. The van der Waals surface area contributed by atoms with Crippen molar-refractivity contribution in [2.75, 3.05) is 5.32 Å². The molecule has 4 N–H and O–H groups in total. The minimum atomic E-state index is -4.77. The number of aromatic amines is 2. The van der Waals surface area contributed by atoms with Gasteiger partial charge in [0.15, 0.2) is 11.3 Å². The zero-order valence-electron chi connectivity index (χ0n) is 17.3. The summed E-state index contributed by atoms with van der Waals surface area (Å²) in [4.78, 5) is 26.7. The number of carbonyl (C=O) groups is 2. The molecule has 13 heteroatoms. The molecule has 2 heterocycles. The van der Waals surface area contributed by atoms with Gasteiger partial charge in [-0.1, -0.05) is 11.6 Å². The fourth-order valence-corrected chi connectivity index (χ4v) is 3.17. The molecule has 0 radical (unpaired) electrons. The van der Waals surface area contributed by atoms with Crippen LogP contribution in [0.1, 0.15) is 39.0 Å². The number of hydrogen-bond donors (Lipinski definition) is 4. The van der Waals surface area contributed by atoms with Crippen molar-refractivity contribution < 1.29 is 37.0 Å². The Hall–Kier alpha value is -3.54. The molecule has 0 bridgehead atoms. The van der Waals surface area contributed by atoms with Gasteiger partial charge in [-0.3, -0.25) is 9.89 Å². The van der Waals surface area contributed by atoms with Crippen LogP contribution in [0.2, 0.25) is 5.15 Å². The molecule has 0 spiro atoms. The van der Waals surface area contributed by atoms with Gasteiger partial charge >= 0.3 is 12.1 Å². The molecule has 3 rings (SSSR count). The number of benzene rings is 1. The van der Waals surface area contributed by atoms with Crippen LogP contribution in [0.5, 0.6) is 5.75 Å². The predicted octanol–water partition coefficient (Wildman–Crippen LogP) is 5.09. The Labute approximate surface area is 188 Å². The highest BCUT2D eigenvalue weighted by molar-refractivity contribution is 6.33. The third-order valence-electron chi connectivity index (χ3n) is 4.76. The highest BCUT2D eigenvalue weighted by Gasteiger charge is 2.39. The van der Waals surface area contributed by atoms with E-state index in [1.54, 1.807) is 0 Å². The van der Waals surface area contributed by atoms with E-state index < -0.39 is 41.3 Å². The molecule has 0 saturated carbocycles. The number of carbonyl (C=O) groups excluding carboxylic acids is 1. The van der Waals surface area contributed by atoms with E-state index >= 15 is 0 Å². The fraction of sp³-hybridized carbons (Fsp3) is 0.250. The molecular formula is C20H17ClF4N4O4. The van der Waals surface area contributed by atoms with Crippen LogP contribution < -0.4 is 10.1 Å². The van der Waals surface area contributed by atoms with Crippen molar-refractivity contribution >= 4 is 29.2 Å². The van der Waals surface area contributed by atoms with Crippen LogP contribution in [0.4, 0.5) is 23.2 Å². The Bertz CT molecular complexity index is 1220. The van der Waals surface area contributed by atoms with Crippen molar-refractivity contribution in [3.8, 4) is 17.0 Å². The molecule has 2 aromatic heterocycles. The van der Waals surface area contributed by atoms with Gasteiger partial charge in [-0.25, -0.2) is 9.18 Å². The molecule has 0 fully saturated rings. The van der Waals surface area contributed by atoms with Crippen LogP contribution in [0.3, 0.4) is 0 Å². The molecule has 8 nitrogen and oxygen atoms in total. The molecule has 33 heavy (non-hydrogen) atoms. The maximum atomic E-state index is 15.0. The molecule has 0 aliphatic carbocycles. The number of hydrogen-bond acceptors (Lipinski definition) is 4. The summed E-state index contributed by atoms with van der Waals surface area (Å²) in [6, 6.07) is 2.72. The Kier molecular flexibility index (Phi) is 6.41. The number of carboxylic acids is 1. The van der Waals surface area contributed by atoms with Gasteiger partial charge in [0.05, 0.1) is 16.8 Å². The first-order chi connectivity index (χ1) is 15.3. The van der Waals surface area contributed by atoms with Crippen molar-refractivity contribution in [1.29, 1.82) is 0 Å². The number of nitrogens with one attached hydrogen (secondary N) is 3. The van der Waals surface area contributed by atoms with Crippen molar-refractivity contribution in [3.63, 3.8) is 0 Å². The van der Waals surface area contributed by atoms with E-state index in [4.69, 9.17) is 16.3 Å². The molecule has 0 aliphatic rings. The van der Waals surface area contributed by atoms with Gasteiger partial charge in [0, 0.05) is 17.0 Å². The number of nitrogens with zero attached hydrogens (tertiary/aromatic N) is 1. The maximum Gasteiger partial charge on any atom is 0.425 e. The lowest BCUT2D eigenvalue weighted by Gasteiger charge is -2.20. The van der Waals surface area contributed by atoms with E-state index in [-0.39, 0.29) is 33.4 Å². The Balaban J connectivity index is 2.10. The highest BCUT2D eigenvalue weighted by atomic mass is 35.5. The van der Waals surface area contributed by atoms with Gasteiger partial charge < -0.3 is 20.1 Å². The van der Waals surface area contributed by atoms with Crippen LogP contribution in [0.15, 0.2) is 18.2 Å². The van der Waals surface area contributed by atoms with E-state index in [1.807, 2.05) is 0 Å². The van der Waals surface area contributed by atoms with Crippen LogP contribution in [0, 0.1) is 19.7 Å². The molecule has 1 atom stereocenters. The van der Waals surface area contributed by atoms with Crippen LogP contribution >= 0.6 is 11.6 Å². The predicted molar refractivity (Wildman–Crippen MR) is 110 cm³/mol. The second-order valence-electron chi connectivity index (χ2n) is 7.13. The second-order valence-corrected chi connectivity index (χ2v) is 7.48. The number of aryl methyl sites for hydroxylation is 2. The lowest BCUT2D eigenvalue weighted by Crippen LogP contribution is -2.32. The van der Waals surface area contributed by atoms with Gasteiger partial charge in [-0.05, 0) is 39.0 Å². The maximum absolute atomic E-state index is 15.0. The number of aromatic carboxylic acids is 1. The number of carboxylic acid groups (broad SMARTS) is 1. The topological polar surface area (TPSA) is 120 Å². The van der Waals surface area contributed by atoms with Gasteiger partial charge in [0.25, 0.3) is 5.91 Å². The number of alkyl halides is 3. The number of aromatic nitrogens is 3. The SMILES string of the molecule is Cc1[nH]c(-c2cc(OC(C)C(F)(F)F)c(C(=O)Nc3c(Cl)n[nH]c3C)cc2F)cc1C(=O)O. The minimum absolute atomic E-state index is 0.0207. The molecule has 1 amide bonds. The third kappa shape index (κ3) is 4.95. The summed E-state index contributed by atoms with van der Waals surface area (Å²) in [6.45, 7) is 3.70. The summed E-state index contributed by atoms with van der Waals surface area (Å²) in [6.07, 6.45) is -7.10. The lowest BCUT2D eigenvalue weighted by atomic mass is 10.1. The first-order valence-electron chi connectivity index (χ1n) is 9.31. The van der Waals surface area contributed by atoms with E-state index in [2.05, 4.69) is 20.5 Å². The zero-order chi connectivity index (χ0) is 24.7. The van der Waals surface area contributed by atoms with Crippen molar-refractivity contribution in [2.24, 2.45) is 0 Å². The minimum Gasteiger partial charge on any atom is -0.480 e. The quantitative estimate of drug-likeness (QED) is 0.360. The van der Waals surface area contributed by atoms with E-state index in [0.29, 0.717) is 11.8 Å². The number of halogens is 5. The number of H-pyrrole nitrogens is 2. The molecular weight excluding hydrogens is 472 g/mol. The third-order valence-corrected chi connectivity index (χ3v) is 5.03. The standard InChI is InChI=1S/C20H17ClF4N4O4/c1-7-10(19(31)32)5-14(26-7)11-6-15(33-9(3)20(23,24)25)12(4-13(11)22)18(30)27-16-8(2)28-29-17(16)21/h4-6,9,26H,1-3H3,(H,27,30)(H,28,29)(H,31,32). The lowest BCUT2D eigenvalue weighted by molar-refractivity contribution is -0.189. The van der Waals surface area contributed by atoms with Crippen LogP contribution in [-0.2, 0) is 0 Å². The summed E-state index contributed by atoms with van der Waals surface area (Å²) in [5.41, 5.74) is -0.369. The average molecular weight is 489 g/mol. The number of rotatable bonds is 6. The molecule has 0 saturated heterocycles. The summed E-state index contributed by atoms with van der Waals surface area (Å²) in [7, 11) is 0. The monoisotopic (exact) mass is 488 g/mol. The Morgan fingerprint density at radius 2 is 1.85 bits per heavy atom. The van der Waals surface area contributed by atoms with Crippen molar-refractivity contribution in [2.45, 2.75) is 33.1 Å².